The van der Waals surface area contributed by atoms with Gasteiger partial charge in [-0.1, -0.05) is 24.3 Å². The van der Waals surface area contributed by atoms with Crippen LogP contribution in [0.25, 0.3) is 11.0 Å². The Bertz CT molecular complexity index is 1030. The predicted molar refractivity (Wildman–Crippen MR) is 100 cm³/mol. The van der Waals surface area contributed by atoms with Gasteiger partial charge in [0.2, 0.25) is 5.82 Å². The Morgan fingerprint density at radius 1 is 1.14 bits per heavy atom. The molecule has 0 unspecified atom stereocenters. The average molecular weight is 387 g/mol. The van der Waals surface area contributed by atoms with Crippen molar-refractivity contribution >= 4 is 16.9 Å². The highest BCUT2D eigenvalue weighted by molar-refractivity contribution is 5.97. The van der Waals surface area contributed by atoms with Gasteiger partial charge in [0.05, 0.1) is 11.0 Å². The first-order chi connectivity index (χ1) is 13.2. The number of aromatic nitrogens is 2. The number of nitrogens with one attached hydrogen (secondary N) is 1. The smallest absolute Gasteiger partial charge is 0.349 e. The van der Waals surface area contributed by atoms with Gasteiger partial charge in [0.25, 0.3) is 5.91 Å². The number of rotatable bonds is 3. The lowest BCUT2D eigenvalue weighted by Crippen LogP contribution is -2.35. The van der Waals surface area contributed by atoms with Gasteiger partial charge < -0.3 is 9.88 Å². The summed E-state index contributed by atoms with van der Waals surface area (Å²) in [5.74, 6) is -1.24. The SMILES string of the molecule is CC(C)n1c(C(F)(F)F)nc2cc(C(=O)NC3Cc4ccccc4C3)ccc21. The third-order valence-electron chi connectivity index (χ3n) is 5.11. The third-order valence-corrected chi connectivity index (χ3v) is 5.11. The molecule has 1 heterocycles. The van der Waals surface area contributed by atoms with Gasteiger partial charge in [-0.25, -0.2) is 4.98 Å². The molecule has 0 saturated heterocycles. The average Bonchev–Trinajstić information content (AvgIpc) is 3.21. The molecule has 28 heavy (non-hydrogen) atoms. The summed E-state index contributed by atoms with van der Waals surface area (Å²) in [5.41, 5.74) is 3.28. The van der Waals surface area contributed by atoms with E-state index < -0.39 is 18.0 Å². The Kier molecular flexibility index (Phi) is 4.40. The first kappa shape index (κ1) is 18.5. The zero-order chi connectivity index (χ0) is 20.1. The lowest BCUT2D eigenvalue weighted by molar-refractivity contribution is -0.147. The minimum absolute atomic E-state index is 0.0143. The van der Waals surface area contributed by atoms with Gasteiger partial charge in [0.1, 0.15) is 0 Å². The van der Waals surface area contributed by atoms with Crippen LogP contribution >= 0.6 is 0 Å². The van der Waals surface area contributed by atoms with Crippen LogP contribution in [0.4, 0.5) is 13.2 Å². The van der Waals surface area contributed by atoms with E-state index in [1.807, 2.05) is 24.3 Å². The molecular weight excluding hydrogens is 367 g/mol. The van der Waals surface area contributed by atoms with Gasteiger partial charge in [-0.2, -0.15) is 13.2 Å². The fourth-order valence-electron chi connectivity index (χ4n) is 3.89. The number of hydrogen-bond acceptors (Lipinski definition) is 2. The highest BCUT2D eigenvalue weighted by Crippen LogP contribution is 2.34. The van der Waals surface area contributed by atoms with Crippen LogP contribution in [0, 0.1) is 0 Å². The number of halogens is 3. The van der Waals surface area contributed by atoms with E-state index in [0.29, 0.717) is 11.1 Å². The molecular formula is C21H20F3N3O. The Morgan fingerprint density at radius 3 is 2.36 bits per heavy atom. The summed E-state index contributed by atoms with van der Waals surface area (Å²) in [4.78, 5) is 16.4. The van der Waals surface area contributed by atoms with E-state index in [1.54, 1.807) is 19.9 Å². The molecule has 1 aliphatic rings. The van der Waals surface area contributed by atoms with Crippen LogP contribution in [-0.4, -0.2) is 21.5 Å². The molecule has 1 aliphatic carbocycles. The van der Waals surface area contributed by atoms with Gasteiger partial charge in [0.15, 0.2) is 0 Å². The molecule has 1 aromatic heterocycles. The number of carbonyl (C=O) groups excluding carboxylic acids is 1. The first-order valence-electron chi connectivity index (χ1n) is 9.21. The molecule has 0 saturated carbocycles. The van der Waals surface area contributed by atoms with Gasteiger partial charge in [-0.3, -0.25) is 4.79 Å². The van der Waals surface area contributed by atoms with E-state index in [0.717, 1.165) is 17.4 Å². The van der Waals surface area contributed by atoms with E-state index in [2.05, 4.69) is 10.3 Å². The normalized spacial score (nSPS) is 14.6. The summed E-state index contributed by atoms with van der Waals surface area (Å²) in [6, 6.07) is 12.1. The van der Waals surface area contributed by atoms with Crippen molar-refractivity contribution in [2.75, 3.05) is 0 Å². The van der Waals surface area contributed by atoms with Crippen molar-refractivity contribution in [2.24, 2.45) is 0 Å². The van der Waals surface area contributed by atoms with Gasteiger partial charge in [0, 0.05) is 17.6 Å². The number of carbonyl (C=O) groups is 1. The zero-order valence-electron chi connectivity index (χ0n) is 15.5. The first-order valence-corrected chi connectivity index (χ1v) is 9.21. The Morgan fingerprint density at radius 2 is 1.79 bits per heavy atom. The van der Waals surface area contributed by atoms with Crippen LogP contribution in [-0.2, 0) is 19.0 Å². The predicted octanol–water partition coefficient (Wildman–Crippen LogP) is 4.53. The molecule has 4 rings (SSSR count). The standard InChI is InChI=1S/C21H20F3N3O/c1-12(2)27-18-8-7-15(11-17(18)26-20(27)21(22,23)24)19(28)25-16-9-13-5-3-4-6-14(13)10-16/h3-8,11-12,16H,9-10H2,1-2H3,(H,25,28). The number of nitrogens with zero attached hydrogens (tertiary/aromatic N) is 2. The van der Waals surface area contributed by atoms with Gasteiger partial charge in [-0.15, -0.1) is 0 Å². The van der Waals surface area contributed by atoms with Crippen LogP contribution < -0.4 is 5.32 Å². The van der Waals surface area contributed by atoms with E-state index in [4.69, 9.17) is 0 Å². The molecule has 0 radical (unpaired) electrons. The van der Waals surface area contributed by atoms with Gasteiger partial charge in [-0.05, 0) is 56.0 Å². The number of alkyl halides is 3. The van der Waals surface area contributed by atoms with E-state index in [-0.39, 0.29) is 17.5 Å². The highest BCUT2D eigenvalue weighted by Gasteiger charge is 2.38. The summed E-state index contributed by atoms with van der Waals surface area (Å²) in [6.07, 6.45) is -3.05. The number of fused-ring (bicyclic) bond motifs is 2. The fourth-order valence-corrected chi connectivity index (χ4v) is 3.89. The van der Waals surface area contributed by atoms with Crippen molar-refractivity contribution < 1.29 is 18.0 Å². The second-order valence-corrected chi connectivity index (χ2v) is 7.45. The molecule has 0 spiro atoms. The highest BCUT2D eigenvalue weighted by atomic mass is 19.4. The summed E-state index contributed by atoms with van der Waals surface area (Å²) >= 11 is 0. The number of amides is 1. The lowest BCUT2D eigenvalue weighted by Gasteiger charge is -2.15. The van der Waals surface area contributed by atoms with Crippen LogP contribution in [0.15, 0.2) is 42.5 Å². The molecule has 2 aromatic carbocycles. The zero-order valence-corrected chi connectivity index (χ0v) is 15.5. The molecule has 4 nitrogen and oxygen atoms in total. The van der Waals surface area contributed by atoms with E-state index >= 15 is 0 Å². The van der Waals surface area contributed by atoms with Crippen molar-refractivity contribution in [1.29, 1.82) is 0 Å². The van der Waals surface area contributed by atoms with Crippen molar-refractivity contribution in [2.45, 2.75) is 44.9 Å². The number of imidazole rings is 1. The maximum absolute atomic E-state index is 13.3. The molecule has 0 atom stereocenters. The number of benzene rings is 2. The Balaban J connectivity index is 1.60. The molecule has 0 fully saturated rings. The fraction of sp³-hybridized carbons (Fsp3) is 0.333. The largest absolute Gasteiger partial charge is 0.449 e. The van der Waals surface area contributed by atoms with E-state index in [1.165, 1.54) is 23.3 Å². The van der Waals surface area contributed by atoms with Crippen LogP contribution in [0.1, 0.15) is 47.2 Å². The molecule has 1 N–H and O–H groups in total. The monoisotopic (exact) mass is 387 g/mol. The lowest BCUT2D eigenvalue weighted by atomic mass is 10.1. The molecule has 1 amide bonds. The molecule has 0 bridgehead atoms. The summed E-state index contributed by atoms with van der Waals surface area (Å²) in [5, 5.41) is 2.99. The maximum Gasteiger partial charge on any atom is 0.449 e. The van der Waals surface area contributed by atoms with Gasteiger partial charge >= 0.3 is 6.18 Å². The quantitative estimate of drug-likeness (QED) is 0.718. The molecule has 0 aliphatic heterocycles. The third kappa shape index (κ3) is 3.25. The van der Waals surface area contributed by atoms with Crippen LogP contribution in [0.2, 0.25) is 0 Å². The van der Waals surface area contributed by atoms with Crippen LogP contribution in [0.5, 0.6) is 0 Å². The summed E-state index contributed by atoms with van der Waals surface area (Å²) in [6.45, 7) is 3.35. The Labute approximate surface area is 160 Å². The summed E-state index contributed by atoms with van der Waals surface area (Å²) < 4.78 is 41.2. The Hall–Kier alpha value is -2.83. The topological polar surface area (TPSA) is 46.9 Å². The van der Waals surface area contributed by atoms with Crippen molar-refractivity contribution in [3.8, 4) is 0 Å². The molecule has 146 valence electrons. The second kappa shape index (κ2) is 6.65. The number of hydrogen-bond donors (Lipinski definition) is 1. The van der Waals surface area contributed by atoms with Crippen molar-refractivity contribution in [1.82, 2.24) is 14.9 Å². The minimum atomic E-state index is -4.55. The maximum atomic E-state index is 13.3. The van der Waals surface area contributed by atoms with Crippen LogP contribution in [0.3, 0.4) is 0 Å². The van der Waals surface area contributed by atoms with Crippen molar-refractivity contribution in [3.63, 3.8) is 0 Å². The molecule has 3 aromatic rings. The second-order valence-electron chi connectivity index (χ2n) is 7.45. The van der Waals surface area contributed by atoms with E-state index in [9.17, 15) is 18.0 Å². The summed E-state index contributed by atoms with van der Waals surface area (Å²) in [7, 11) is 0. The molecule has 7 heteroatoms. The minimum Gasteiger partial charge on any atom is -0.349 e. The van der Waals surface area contributed by atoms with Crippen molar-refractivity contribution in [3.05, 3.63) is 65.0 Å².